The smallest absolute Gasteiger partial charge is 0.251 e. The highest BCUT2D eigenvalue weighted by Gasteiger charge is 2.14. The number of carbonyl (C=O) groups is 1. The summed E-state index contributed by atoms with van der Waals surface area (Å²) in [7, 11) is 1.96. The molecule has 0 atom stereocenters. The van der Waals surface area contributed by atoms with E-state index in [1.165, 1.54) is 32.1 Å². The van der Waals surface area contributed by atoms with Crippen LogP contribution in [-0.4, -0.2) is 66.0 Å². The SMILES string of the molecule is Cn1nc(-c2ccc(C(=O)NCCN3CCOCC3)cc2)s/c1=N/C1CCCCC1. The number of morpholine rings is 1. The first kappa shape index (κ1) is 21.2. The summed E-state index contributed by atoms with van der Waals surface area (Å²) in [6, 6.07) is 8.12. The number of nitrogens with zero attached hydrogens (tertiary/aromatic N) is 4. The first-order valence-electron chi connectivity index (χ1n) is 11.0. The molecular formula is C22H31N5O2S. The number of carbonyl (C=O) groups excluding carboxylic acids is 1. The van der Waals surface area contributed by atoms with E-state index in [-0.39, 0.29) is 5.91 Å². The Labute approximate surface area is 181 Å². The fraction of sp³-hybridized carbons (Fsp3) is 0.591. The fourth-order valence-electron chi connectivity index (χ4n) is 3.96. The number of nitrogens with one attached hydrogen (secondary N) is 1. The molecule has 2 fully saturated rings. The van der Waals surface area contributed by atoms with Gasteiger partial charge in [-0.15, -0.1) is 0 Å². The highest BCUT2D eigenvalue weighted by molar-refractivity contribution is 7.12. The van der Waals surface area contributed by atoms with Gasteiger partial charge in [0.2, 0.25) is 4.80 Å². The van der Waals surface area contributed by atoms with Gasteiger partial charge in [-0.3, -0.25) is 14.7 Å². The van der Waals surface area contributed by atoms with Crippen LogP contribution in [0.2, 0.25) is 0 Å². The molecule has 8 heteroatoms. The molecule has 1 saturated heterocycles. The Morgan fingerprint density at radius 1 is 1.20 bits per heavy atom. The van der Waals surface area contributed by atoms with Crippen LogP contribution in [0.3, 0.4) is 0 Å². The molecule has 1 saturated carbocycles. The van der Waals surface area contributed by atoms with Crippen LogP contribution in [0.25, 0.3) is 10.6 Å². The van der Waals surface area contributed by atoms with E-state index in [1.807, 2.05) is 36.0 Å². The van der Waals surface area contributed by atoms with Crippen LogP contribution in [0.15, 0.2) is 29.3 Å². The summed E-state index contributed by atoms with van der Waals surface area (Å²) in [6.07, 6.45) is 6.25. The topological polar surface area (TPSA) is 71.8 Å². The van der Waals surface area contributed by atoms with Crippen LogP contribution < -0.4 is 10.1 Å². The second kappa shape index (κ2) is 10.3. The Bertz CT molecular complexity index is 893. The maximum Gasteiger partial charge on any atom is 0.251 e. The number of ether oxygens (including phenoxy) is 1. The van der Waals surface area contributed by atoms with Gasteiger partial charge in [0, 0.05) is 44.4 Å². The summed E-state index contributed by atoms with van der Waals surface area (Å²) in [5.74, 6) is -0.0347. The number of benzene rings is 1. The number of aromatic nitrogens is 2. The maximum atomic E-state index is 12.4. The van der Waals surface area contributed by atoms with E-state index in [1.54, 1.807) is 11.3 Å². The normalized spacial score (nSPS) is 19.2. The highest BCUT2D eigenvalue weighted by atomic mass is 32.1. The van der Waals surface area contributed by atoms with Gasteiger partial charge in [0.25, 0.3) is 5.91 Å². The molecule has 0 radical (unpaired) electrons. The van der Waals surface area contributed by atoms with Crippen LogP contribution in [0.4, 0.5) is 0 Å². The van der Waals surface area contributed by atoms with Crippen molar-refractivity contribution in [2.24, 2.45) is 12.0 Å². The number of hydrogen-bond donors (Lipinski definition) is 1. The minimum absolute atomic E-state index is 0.0347. The molecule has 1 amide bonds. The highest BCUT2D eigenvalue weighted by Crippen LogP contribution is 2.22. The Balaban J connectivity index is 1.35. The van der Waals surface area contributed by atoms with Gasteiger partial charge >= 0.3 is 0 Å². The van der Waals surface area contributed by atoms with E-state index in [2.05, 4.69) is 15.3 Å². The van der Waals surface area contributed by atoms with E-state index in [4.69, 9.17) is 9.73 Å². The molecule has 0 spiro atoms. The van der Waals surface area contributed by atoms with Gasteiger partial charge in [-0.2, -0.15) is 5.10 Å². The van der Waals surface area contributed by atoms with Crippen molar-refractivity contribution in [1.82, 2.24) is 20.0 Å². The summed E-state index contributed by atoms with van der Waals surface area (Å²) in [5.41, 5.74) is 1.69. The van der Waals surface area contributed by atoms with Gasteiger partial charge in [-0.05, 0) is 25.0 Å². The molecule has 0 bridgehead atoms. The van der Waals surface area contributed by atoms with Crippen LogP contribution in [0, 0.1) is 0 Å². The van der Waals surface area contributed by atoms with Crippen LogP contribution in [0.1, 0.15) is 42.5 Å². The molecule has 4 rings (SSSR count). The minimum atomic E-state index is -0.0347. The molecule has 2 heterocycles. The molecule has 2 aliphatic rings. The van der Waals surface area contributed by atoms with E-state index in [9.17, 15) is 4.79 Å². The van der Waals surface area contributed by atoms with Crippen molar-refractivity contribution in [2.75, 3.05) is 39.4 Å². The monoisotopic (exact) mass is 429 g/mol. The van der Waals surface area contributed by atoms with E-state index in [0.29, 0.717) is 18.2 Å². The quantitative estimate of drug-likeness (QED) is 0.766. The molecular weight excluding hydrogens is 398 g/mol. The number of rotatable bonds is 6. The average Bonchev–Trinajstić information content (AvgIpc) is 3.15. The summed E-state index contributed by atoms with van der Waals surface area (Å²) in [5, 5.41) is 8.59. The second-order valence-electron chi connectivity index (χ2n) is 8.02. The summed E-state index contributed by atoms with van der Waals surface area (Å²) in [4.78, 5) is 20.6. The lowest BCUT2D eigenvalue weighted by Gasteiger charge is -2.26. The van der Waals surface area contributed by atoms with Crippen LogP contribution in [0.5, 0.6) is 0 Å². The first-order chi connectivity index (χ1) is 14.7. The van der Waals surface area contributed by atoms with Gasteiger partial charge in [-0.25, -0.2) is 4.68 Å². The minimum Gasteiger partial charge on any atom is -0.379 e. The molecule has 1 aliphatic heterocycles. The van der Waals surface area contributed by atoms with Gasteiger partial charge in [-0.1, -0.05) is 42.7 Å². The third-order valence-corrected chi connectivity index (χ3v) is 6.85. The van der Waals surface area contributed by atoms with Crippen molar-refractivity contribution in [2.45, 2.75) is 38.1 Å². The Morgan fingerprint density at radius 2 is 1.93 bits per heavy atom. The zero-order valence-corrected chi connectivity index (χ0v) is 18.5. The van der Waals surface area contributed by atoms with Crippen molar-refractivity contribution in [3.8, 4) is 10.6 Å². The predicted molar refractivity (Wildman–Crippen MR) is 119 cm³/mol. The first-order valence-corrected chi connectivity index (χ1v) is 11.8. The van der Waals surface area contributed by atoms with Crippen LogP contribution in [-0.2, 0) is 11.8 Å². The number of hydrogen-bond acceptors (Lipinski definition) is 6. The van der Waals surface area contributed by atoms with Crippen molar-refractivity contribution < 1.29 is 9.53 Å². The molecule has 1 aromatic carbocycles. The maximum absolute atomic E-state index is 12.4. The molecule has 30 heavy (non-hydrogen) atoms. The number of amides is 1. The summed E-state index contributed by atoms with van der Waals surface area (Å²) < 4.78 is 7.23. The van der Waals surface area contributed by atoms with Crippen LogP contribution >= 0.6 is 11.3 Å². The van der Waals surface area contributed by atoms with Gasteiger partial charge < -0.3 is 10.1 Å². The summed E-state index contributed by atoms with van der Waals surface area (Å²) >= 11 is 1.62. The molecule has 7 nitrogen and oxygen atoms in total. The zero-order valence-electron chi connectivity index (χ0n) is 17.7. The van der Waals surface area contributed by atoms with E-state index >= 15 is 0 Å². The Hall–Kier alpha value is -2.03. The molecule has 0 unspecified atom stereocenters. The lowest BCUT2D eigenvalue weighted by Crippen LogP contribution is -2.41. The largest absolute Gasteiger partial charge is 0.379 e. The van der Waals surface area contributed by atoms with Gasteiger partial charge in [0.05, 0.1) is 19.3 Å². The fourth-order valence-corrected chi connectivity index (χ4v) is 4.93. The van der Waals surface area contributed by atoms with Gasteiger partial charge in [0.15, 0.2) is 0 Å². The molecule has 1 N–H and O–H groups in total. The van der Waals surface area contributed by atoms with Crippen molar-refractivity contribution in [3.63, 3.8) is 0 Å². The average molecular weight is 430 g/mol. The molecule has 162 valence electrons. The predicted octanol–water partition coefficient (Wildman–Crippen LogP) is 2.44. The number of aryl methyl sites for hydroxylation is 1. The molecule has 1 aliphatic carbocycles. The summed E-state index contributed by atoms with van der Waals surface area (Å²) in [6.45, 7) is 4.93. The van der Waals surface area contributed by atoms with Crippen molar-refractivity contribution in [1.29, 1.82) is 0 Å². The zero-order chi connectivity index (χ0) is 20.8. The lowest BCUT2D eigenvalue weighted by atomic mass is 9.96. The van der Waals surface area contributed by atoms with Gasteiger partial charge in [0.1, 0.15) is 5.01 Å². The standard InChI is InChI=1S/C22H31N5O2S/c1-26-22(24-19-5-3-2-4-6-19)30-21(25-26)18-9-7-17(8-10-18)20(28)23-11-12-27-13-15-29-16-14-27/h7-10,19H,2-6,11-16H2,1H3,(H,23,28)/b24-22+. The van der Waals surface area contributed by atoms with E-state index < -0.39 is 0 Å². The third kappa shape index (κ3) is 5.56. The molecule has 1 aromatic heterocycles. The second-order valence-corrected chi connectivity index (χ2v) is 8.98. The van der Waals surface area contributed by atoms with Crippen molar-refractivity contribution >= 4 is 17.2 Å². The van der Waals surface area contributed by atoms with E-state index in [0.717, 1.165) is 48.2 Å². The lowest BCUT2D eigenvalue weighted by molar-refractivity contribution is 0.0383. The Kier molecular flexibility index (Phi) is 7.30. The Morgan fingerprint density at radius 3 is 2.67 bits per heavy atom. The van der Waals surface area contributed by atoms with Crippen molar-refractivity contribution in [3.05, 3.63) is 34.6 Å². The molecule has 2 aromatic rings. The third-order valence-electron chi connectivity index (χ3n) is 5.78.